The number of aromatic hydroxyl groups is 1. The van der Waals surface area contributed by atoms with Crippen LogP contribution in [0.1, 0.15) is 36.2 Å². The van der Waals surface area contributed by atoms with Crippen molar-refractivity contribution in [2.75, 3.05) is 11.9 Å². The molecule has 0 radical (unpaired) electrons. The lowest BCUT2D eigenvalue weighted by atomic mass is 10.00. The van der Waals surface area contributed by atoms with Crippen LogP contribution in [0.5, 0.6) is 5.75 Å². The van der Waals surface area contributed by atoms with Crippen LogP contribution in [0.3, 0.4) is 0 Å². The topological polar surface area (TPSA) is 70.4 Å². The normalized spacial score (nSPS) is 17.1. The maximum absolute atomic E-state index is 13.0. The number of amides is 1. The minimum atomic E-state index is -0.200. The smallest absolute Gasteiger partial charge is 0.241 e. The Morgan fingerprint density at radius 3 is 2.60 bits per heavy atom. The summed E-state index contributed by atoms with van der Waals surface area (Å²) in [4.78, 5) is 15.2. The first-order valence-corrected chi connectivity index (χ1v) is 10.5. The standard InChI is InChI=1S/C24H28N4O2/c1-17-15-18(2)28(26-17)21-12-10-20(11-13-21)25-24(30)22-8-5-6-14-27(22)16-19-7-3-4-9-23(19)29/h3-4,7,9-13,15,22,29H,5-6,8,14,16H2,1-2H3,(H,25,30)/t22-/m0/s1. The number of benzene rings is 2. The molecule has 1 fully saturated rings. The Hall–Kier alpha value is -3.12. The second-order valence-electron chi connectivity index (χ2n) is 7.99. The molecule has 1 amide bonds. The molecule has 0 aliphatic carbocycles. The number of para-hydroxylation sites is 1. The summed E-state index contributed by atoms with van der Waals surface area (Å²) in [6, 6.07) is 16.9. The Morgan fingerprint density at radius 1 is 1.13 bits per heavy atom. The van der Waals surface area contributed by atoms with Crippen LogP contribution >= 0.6 is 0 Å². The molecule has 0 bridgehead atoms. The molecule has 6 nitrogen and oxygen atoms in total. The second kappa shape index (κ2) is 8.71. The van der Waals surface area contributed by atoms with Gasteiger partial charge < -0.3 is 10.4 Å². The number of nitrogens with zero attached hydrogens (tertiary/aromatic N) is 3. The van der Waals surface area contributed by atoms with Crippen molar-refractivity contribution >= 4 is 11.6 Å². The Bertz CT molecular complexity index is 1030. The van der Waals surface area contributed by atoms with Gasteiger partial charge in [0.25, 0.3) is 0 Å². The molecule has 156 valence electrons. The van der Waals surface area contributed by atoms with Crippen molar-refractivity contribution in [3.63, 3.8) is 0 Å². The number of likely N-dealkylation sites (tertiary alicyclic amines) is 1. The van der Waals surface area contributed by atoms with Gasteiger partial charge in [0.1, 0.15) is 5.75 Å². The van der Waals surface area contributed by atoms with E-state index in [2.05, 4.69) is 15.3 Å². The van der Waals surface area contributed by atoms with Gasteiger partial charge in [-0.25, -0.2) is 4.68 Å². The molecule has 2 aromatic carbocycles. The summed E-state index contributed by atoms with van der Waals surface area (Å²) in [5, 5.41) is 17.7. The molecule has 1 aromatic heterocycles. The number of rotatable bonds is 5. The summed E-state index contributed by atoms with van der Waals surface area (Å²) in [6.07, 6.45) is 2.92. The molecule has 1 atom stereocenters. The summed E-state index contributed by atoms with van der Waals surface area (Å²) < 4.78 is 1.90. The Kier molecular flexibility index (Phi) is 5.86. The quantitative estimate of drug-likeness (QED) is 0.669. The van der Waals surface area contributed by atoms with Gasteiger partial charge in [0.05, 0.1) is 17.4 Å². The Labute approximate surface area is 177 Å². The average molecular weight is 405 g/mol. The van der Waals surface area contributed by atoms with E-state index >= 15 is 0 Å². The van der Waals surface area contributed by atoms with E-state index in [9.17, 15) is 9.90 Å². The lowest BCUT2D eigenvalue weighted by molar-refractivity contribution is -0.122. The molecular weight excluding hydrogens is 376 g/mol. The first-order valence-electron chi connectivity index (χ1n) is 10.5. The molecule has 4 rings (SSSR count). The second-order valence-corrected chi connectivity index (χ2v) is 7.99. The van der Waals surface area contributed by atoms with Crippen LogP contribution in [0.2, 0.25) is 0 Å². The van der Waals surface area contributed by atoms with Gasteiger partial charge in [-0.3, -0.25) is 9.69 Å². The zero-order chi connectivity index (χ0) is 21.1. The van der Waals surface area contributed by atoms with Crippen LogP contribution in [-0.4, -0.2) is 38.3 Å². The highest BCUT2D eigenvalue weighted by molar-refractivity contribution is 5.95. The fourth-order valence-electron chi connectivity index (χ4n) is 4.14. The molecule has 0 saturated carbocycles. The number of aryl methyl sites for hydroxylation is 2. The van der Waals surface area contributed by atoms with Crippen molar-refractivity contribution in [2.45, 2.75) is 45.7 Å². The van der Waals surface area contributed by atoms with Crippen LogP contribution in [-0.2, 0) is 11.3 Å². The van der Waals surface area contributed by atoms with E-state index in [1.54, 1.807) is 6.07 Å². The number of phenols is 1. The van der Waals surface area contributed by atoms with E-state index in [1.807, 2.05) is 67.1 Å². The zero-order valence-electron chi connectivity index (χ0n) is 17.5. The number of hydrogen-bond donors (Lipinski definition) is 2. The van der Waals surface area contributed by atoms with Gasteiger partial charge in [0.15, 0.2) is 0 Å². The zero-order valence-corrected chi connectivity index (χ0v) is 17.5. The summed E-state index contributed by atoms with van der Waals surface area (Å²) in [5.41, 5.74) is 4.65. The molecule has 3 aromatic rings. The highest BCUT2D eigenvalue weighted by Gasteiger charge is 2.29. The maximum atomic E-state index is 13.0. The molecule has 0 unspecified atom stereocenters. The fraction of sp³-hybridized carbons (Fsp3) is 0.333. The number of aromatic nitrogens is 2. The van der Waals surface area contributed by atoms with Gasteiger partial charge in [-0.1, -0.05) is 24.6 Å². The molecule has 0 spiro atoms. The fourth-order valence-corrected chi connectivity index (χ4v) is 4.14. The molecule has 2 heterocycles. The van der Waals surface area contributed by atoms with Crippen LogP contribution in [0, 0.1) is 13.8 Å². The molecule has 6 heteroatoms. The number of hydrogen-bond acceptors (Lipinski definition) is 4. The van der Waals surface area contributed by atoms with Crippen molar-refractivity contribution in [2.24, 2.45) is 0 Å². The monoisotopic (exact) mass is 404 g/mol. The highest BCUT2D eigenvalue weighted by atomic mass is 16.3. The minimum absolute atomic E-state index is 0.00369. The molecule has 2 N–H and O–H groups in total. The Balaban J connectivity index is 1.45. The van der Waals surface area contributed by atoms with Crippen LogP contribution < -0.4 is 5.32 Å². The molecule has 1 saturated heterocycles. The van der Waals surface area contributed by atoms with Gasteiger partial charge in [-0.2, -0.15) is 5.10 Å². The predicted molar refractivity (Wildman–Crippen MR) is 118 cm³/mol. The van der Waals surface area contributed by atoms with Crippen molar-refractivity contribution < 1.29 is 9.90 Å². The van der Waals surface area contributed by atoms with Crippen LogP contribution in [0.15, 0.2) is 54.6 Å². The van der Waals surface area contributed by atoms with Crippen molar-refractivity contribution in [1.29, 1.82) is 0 Å². The summed E-state index contributed by atoms with van der Waals surface area (Å²) in [6.45, 7) is 5.42. The number of piperidine rings is 1. The SMILES string of the molecule is Cc1cc(C)n(-c2ccc(NC(=O)[C@@H]3CCCCN3Cc3ccccc3O)cc2)n1. The van der Waals surface area contributed by atoms with Gasteiger partial charge in [0.2, 0.25) is 5.91 Å². The lowest BCUT2D eigenvalue weighted by Crippen LogP contribution is -2.46. The van der Waals surface area contributed by atoms with E-state index in [0.29, 0.717) is 6.54 Å². The van der Waals surface area contributed by atoms with Gasteiger partial charge in [-0.05, 0) is 69.6 Å². The summed E-state index contributed by atoms with van der Waals surface area (Å²) >= 11 is 0. The van der Waals surface area contributed by atoms with Crippen molar-refractivity contribution in [3.8, 4) is 11.4 Å². The molecule has 30 heavy (non-hydrogen) atoms. The molecule has 1 aliphatic rings. The van der Waals surface area contributed by atoms with Crippen LogP contribution in [0.25, 0.3) is 5.69 Å². The first-order chi connectivity index (χ1) is 14.5. The van der Waals surface area contributed by atoms with Crippen molar-refractivity contribution in [1.82, 2.24) is 14.7 Å². The molecular formula is C24H28N4O2. The van der Waals surface area contributed by atoms with Gasteiger partial charge >= 0.3 is 0 Å². The average Bonchev–Trinajstić information content (AvgIpc) is 3.08. The third-order valence-electron chi connectivity index (χ3n) is 5.67. The van der Waals surface area contributed by atoms with E-state index in [-0.39, 0.29) is 17.7 Å². The van der Waals surface area contributed by atoms with Crippen molar-refractivity contribution in [3.05, 3.63) is 71.5 Å². The number of nitrogens with one attached hydrogen (secondary N) is 1. The number of carbonyl (C=O) groups excluding carboxylic acids is 1. The molecule has 1 aliphatic heterocycles. The third-order valence-corrected chi connectivity index (χ3v) is 5.67. The first kappa shape index (κ1) is 20.2. The highest BCUT2D eigenvalue weighted by Crippen LogP contribution is 2.25. The number of phenolic OH excluding ortho intramolecular Hbond substituents is 1. The summed E-state index contributed by atoms with van der Waals surface area (Å²) in [7, 11) is 0. The van der Waals surface area contributed by atoms with E-state index in [4.69, 9.17) is 0 Å². The van der Waals surface area contributed by atoms with E-state index in [1.165, 1.54) is 0 Å². The van der Waals surface area contributed by atoms with Gasteiger partial charge in [-0.15, -0.1) is 0 Å². The number of anilines is 1. The van der Waals surface area contributed by atoms with Gasteiger partial charge in [0, 0.05) is 23.5 Å². The van der Waals surface area contributed by atoms with Crippen LogP contribution in [0.4, 0.5) is 5.69 Å². The third kappa shape index (κ3) is 4.39. The largest absolute Gasteiger partial charge is 0.508 e. The lowest BCUT2D eigenvalue weighted by Gasteiger charge is -2.34. The Morgan fingerprint density at radius 2 is 1.90 bits per heavy atom. The number of carbonyl (C=O) groups is 1. The predicted octanol–water partition coefficient (Wildman–Crippen LogP) is 4.19. The minimum Gasteiger partial charge on any atom is -0.508 e. The maximum Gasteiger partial charge on any atom is 0.241 e. The van der Waals surface area contributed by atoms with E-state index in [0.717, 1.165) is 54.1 Å². The summed E-state index contributed by atoms with van der Waals surface area (Å²) in [5.74, 6) is 0.283. The van der Waals surface area contributed by atoms with E-state index < -0.39 is 0 Å².